The van der Waals surface area contributed by atoms with Crippen molar-refractivity contribution in [2.75, 3.05) is 17.6 Å². The number of carbonyl (C=O) groups is 3. The van der Waals surface area contributed by atoms with E-state index >= 15 is 0 Å². The zero-order valence-electron chi connectivity index (χ0n) is 10.4. The van der Waals surface area contributed by atoms with Gasteiger partial charge in [-0.05, 0) is 12.1 Å². The first-order chi connectivity index (χ1) is 9.79. The predicted molar refractivity (Wildman–Crippen MR) is 69.6 cm³/mol. The molecule has 1 saturated heterocycles. The molecule has 5 nitrogen and oxygen atoms in total. The van der Waals surface area contributed by atoms with Crippen LogP contribution in [0.3, 0.4) is 0 Å². The summed E-state index contributed by atoms with van der Waals surface area (Å²) in [4.78, 5) is 35.0. The van der Waals surface area contributed by atoms with Gasteiger partial charge in [-0.3, -0.25) is 19.3 Å². The van der Waals surface area contributed by atoms with Gasteiger partial charge in [0.15, 0.2) is 0 Å². The molecule has 1 N–H and O–H groups in total. The minimum atomic E-state index is -4.61. The average molecular weight is 318 g/mol. The first-order valence-corrected chi connectivity index (χ1v) is 6.71. The number of hydrogen-bond donors (Lipinski definition) is 1. The predicted octanol–water partition coefficient (Wildman–Crippen LogP) is 2.34. The van der Waals surface area contributed by atoms with E-state index in [0.29, 0.717) is 4.90 Å². The molecule has 3 amide bonds. The van der Waals surface area contributed by atoms with Crippen molar-refractivity contribution in [1.82, 2.24) is 4.90 Å². The summed E-state index contributed by atoms with van der Waals surface area (Å²) in [5, 5.41) is 1.49. The minimum absolute atomic E-state index is 0.0642. The van der Waals surface area contributed by atoms with Crippen LogP contribution in [0.2, 0.25) is 0 Å². The first-order valence-electron chi connectivity index (χ1n) is 5.72. The Kier molecular flexibility index (Phi) is 4.21. The molecule has 21 heavy (non-hydrogen) atoms. The van der Waals surface area contributed by atoms with Gasteiger partial charge in [0.05, 0.1) is 17.0 Å². The second-order valence-electron chi connectivity index (χ2n) is 4.13. The Labute approximate surface area is 121 Å². The standard InChI is InChI=1S/C12H9F3N2O3S/c13-12(14,15)7-3-1-2-4-8(7)16-9(18)5-17-10(19)6-21-11(17)20/h1-4H,5-6H2,(H,16,18). The fraction of sp³-hybridized carbons (Fsp3) is 0.250. The summed E-state index contributed by atoms with van der Waals surface area (Å²) in [6.45, 7) is -0.600. The monoisotopic (exact) mass is 318 g/mol. The van der Waals surface area contributed by atoms with Crippen LogP contribution in [0.5, 0.6) is 0 Å². The molecular formula is C12H9F3N2O3S. The molecule has 9 heteroatoms. The largest absolute Gasteiger partial charge is 0.418 e. The lowest BCUT2D eigenvalue weighted by molar-refractivity contribution is -0.137. The molecule has 112 valence electrons. The summed E-state index contributed by atoms with van der Waals surface area (Å²) in [5.74, 6) is -1.47. The summed E-state index contributed by atoms with van der Waals surface area (Å²) >= 11 is 0.747. The van der Waals surface area contributed by atoms with Crippen LogP contribution in [-0.4, -0.2) is 34.3 Å². The lowest BCUT2D eigenvalue weighted by Gasteiger charge is -2.15. The van der Waals surface area contributed by atoms with Gasteiger partial charge in [-0.25, -0.2) is 0 Å². The number of rotatable bonds is 3. The molecular weight excluding hydrogens is 309 g/mol. The number of imide groups is 1. The molecule has 1 aliphatic heterocycles. The number of nitrogens with zero attached hydrogens (tertiary/aromatic N) is 1. The molecule has 0 saturated carbocycles. The maximum absolute atomic E-state index is 12.8. The van der Waals surface area contributed by atoms with Crippen LogP contribution in [-0.2, 0) is 15.8 Å². The van der Waals surface area contributed by atoms with Crippen molar-refractivity contribution in [2.45, 2.75) is 6.18 Å². The minimum Gasteiger partial charge on any atom is -0.324 e. The van der Waals surface area contributed by atoms with Gasteiger partial charge in [-0.15, -0.1) is 0 Å². The Morgan fingerprint density at radius 2 is 1.95 bits per heavy atom. The summed E-state index contributed by atoms with van der Waals surface area (Å²) in [5.41, 5.74) is -1.41. The van der Waals surface area contributed by atoms with E-state index in [4.69, 9.17) is 0 Å². The van der Waals surface area contributed by atoms with E-state index < -0.39 is 41.0 Å². The summed E-state index contributed by atoms with van der Waals surface area (Å²) in [6.07, 6.45) is -4.61. The number of halogens is 3. The van der Waals surface area contributed by atoms with E-state index in [0.717, 1.165) is 23.9 Å². The smallest absolute Gasteiger partial charge is 0.324 e. The molecule has 0 aromatic heterocycles. The molecule has 1 aromatic carbocycles. The molecule has 0 aliphatic carbocycles. The molecule has 1 aromatic rings. The quantitative estimate of drug-likeness (QED) is 0.929. The van der Waals surface area contributed by atoms with Crippen molar-refractivity contribution in [3.8, 4) is 0 Å². The zero-order chi connectivity index (χ0) is 15.6. The Morgan fingerprint density at radius 3 is 2.52 bits per heavy atom. The van der Waals surface area contributed by atoms with Crippen molar-refractivity contribution in [3.05, 3.63) is 29.8 Å². The highest BCUT2D eigenvalue weighted by molar-refractivity contribution is 8.14. The molecule has 2 rings (SSSR count). The van der Waals surface area contributed by atoms with Crippen LogP contribution in [0.1, 0.15) is 5.56 Å². The van der Waals surface area contributed by atoms with Gasteiger partial charge >= 0.3 is 6.18 Å². The Hall–Kier alpha value is -2.03. The highest BCUT2D eigenvalue weighted by Gasteiger charge is 2.35. The molecule has 0 spiro atoms. The number of hydrogen-bond acceptors (Lipinski definition) is 4. The van der Waals surface area contributed by atoms with E-state index in [-0.39, 0.29) is 5.75 Å². The number of alkyl halides is 3. The highest BCUT2D eigenvalue weighted by Crippen LogP contribution is 2.34. The van der Waals surface area contributed by atoms with Crippen molar-refractivity contribution in [1.29, 1.82) is 0 Å². The molecule has 1 heterocycles. The zero-order valence-corrected chi connectivity index (χ0v) is 11.3. The van der Waals surface area contributed by atoms with E-state index in [1.54, 1.807) is 0 Å². The first kappa shape index (κ1) is 15.4. The van der Waals surface area contributed by atoms with Crippen LogP contribution < -0.4 is 5.32 Å². The fourth-order valence-electron chi connectivity index (χ4n) is 1.71. The fourth-order valence-corrected chi connectivity index (χ4v) is 2.43. The van der Waals surface area contributed by atoms with E-state index in [9.17, 15) is 27.6 Å². The molecule has 0 unspecified atom stereocenters. The van der Waals surface area contributed by atoms with Crippen molar-refractivity contribution in [2.24, 2.45) is 0 Å². The summed E-state index contributed by atoms with van der Waals surface area (Å²) in [6, 6.07) is 4.47. The molecule has 0 radical (unpaired) electrons. The topological polar surface area (TPSA) is 66.5 Å². The van der Waals surface area contributed by atoms with Crippen molar-refractivity contribution >= 4 is 34.5 Å². The van der Waals surface area contributed by atoms with Gasteiger partial charge in [0.1, 0.15) is 6.54 Å². The SMILES string of the molecule is O=C(CN1C(=O)CSC1=O)Nc1ccccc1C(F)(F)F. The average Bonchev–Trinajstić information content (AvgIpc) is 2.70. The molecule has 1 aliphatic rings. The normalized spacial score (nSPS) is 15.5. The van der Waals surface area contributed by atoms with Gasteiger partial charge in [0, 0.05) is 0 Å². The lowest BCUT2D eigenvalue weighted by Crippen LogP contribution is -2.36. The second-order valence-corrected chi connectivity index (χ2v) is 5.05. The van der Waals surface area contributed by atoms with Crippen LogP contribution in [0.25, 0.3) is 0 Å². The number of benzene rings is 1. The number of nitrogens with one attached hydrogen (secondary N) is 1. The van der Waals surface area contributed by atoms with Crippen LogP contribution in [0.15, 0.2) is 24.3 Å². The van der Waals surface area contributed by atoms with Gasteiger partial charge in [0.2, 0.25) is 11.8 Å². The van der Waals surface area contributed by atoms with E-state index in [1.165, 1.54) is 12.1 Å². The lowest BCUT2D eigenvalue weighted by atomic mass is 10.1. The second kappa shape index (κ2) is 5.76. The summed E-state index contributed by atoms with van der Waals surface area (Å²) in [7, 11) is 0. The highest BCUT2D eigenvalue weighted by atomic mass is 32.2. The number of amides is 3. The third-order valence-corrected chi connectivity index (χ3v) is 3.51. The van der Waals surface area contributed by atoms with Gasteiger partial charge in [-0.1, -0.05) is 23.9 Å². The maximum atomic E-state index is 12.8. The van der Waals surface area contributed by atoms with E-state index in [1.807, 2.05) is 0 Å². The van der Waals surface area contributed by atoms with Crippen LogP contribution in [0.4, 0.5) is 23.7 Å². The van der Waals surface area contributed by atoms with Gasteiger partial charge in [0.25, 0.3) is 5.24 Å². The Bertz CT molecular complexity index is 588. The number of para-hydroxylation sites is 1. The van der Waals surface area contributed by atoms with Gasteiger partial charge in [-0.2, -0.15) is 13.2 Å². The molecule has 0 bridgehead atoms. The third kappa shape index (κ3) is 3.54. The van der Waals surface area contributed by atoms with Crippen molar-refractivity contribution in [3.63, 3.8) is 0 Å². The Morgan fingerprint density at radius 1 is 1.29 bits per heavy atom. The van der Waals surface area contributed by atoms with Crippen molar-refractivity contribution < 1.29 is 27.6 Å². The van der Waals surface area contributed by atoms with Gasteiger partial charge < -0.3 is 5.32 Å². The Balaban J connectivity index is 2.10. The summed E-state index contributed by atoms with van der Waals surface area (Å²) < 4.78 is 38.3. The molecule has 1 fully saturated rings. The van der Waals surface area contributed by atoms with Crippen LogP contribution in [0, 0.1) is 0 Å². The maximum Gasteiger partial charge on any atom is 0.418 e. The van der Waals surface area contributed by atoms with E-state index in [2.05, 4.69) is 5.32 Å². The third-order valence-electron chi connectivity index (χ3n) is 2.65. The number of anilines is 1. The number of thioether (sulfide) groups is 1. The van der Waals surface area contributed by atoms with Crippen LogP contribution >= 0.6 is 11.8 Å². The molecule has 0 atom stereocenters. The number of carbonyl (C=O) groups excluding carboxylic acids is 3.